The minimum atomic E-state index is 0.325. The first-order valence-electron chi connectivity index (χ1n) is 7.57. The van der Waals surface area contributed by atoms with Gasteiger partial charge in [0.1, 0.15) is 5.75 Å². The monoisotopic (exact) mass is 284 g/mol. The molecule has 21 heavy (non-hydrogen) atoms. The zero-order chi connectivity index (χ0) is 15.1. The molecule has 1 aromatic heterocycles. The molecule has 2 N–H and O–H groups in total. The molecule has 3 heteroatoms. The van der Waals surface area contributed by atoms with Gasteiger partial charge in [0, 0.05) is 18.3 Å². The van der Waals surface area contributed by atoms with Crippen LogP contribution in [0.2, 0.25) is 0 Å². The van der Waals surface area contributed by atoms with Crippen molar-refractivity contribution in [2.45, 2.75) is 32.6 Å². The van der Waals surface area contributed by atoms with Crippen molar-refractivity contribution in [2.75, 3.05) is 13.2 Å². The first-order chi connectivity index (χ1) is 10.2. The van der Waals surface area contributed by atoms with Gasteiger partial charge < -0.3 is 10.5 Å². The van der Waals surface area contributed by atoms with Crippen LogP contribution in [0.3, 0.4) is 0 Å². The summed E-state index contributed by atoms with van der Waals surface area (Å²) in [5.74, 6) is 1.30. The van der Waals surface area contributed by atoms with Gasteiger partial charge >= 0.3 is 0 Å². The molecule has 0 bridgehead atoms. The molecule has 1 heterocycles. The largest absolute Gasteiger partial charge is 0.493 e. The van der Waals surface area contributed by atoms with E-state index in [2.05, 4.69) is 37.0 Å². The van der Waals surface area contributed by atoms with Crippen molar-refractivity contribution in [3.8, 4) is 5.75 Å². The van der Waals surface area contributed by atoms with Gasteiger partial charge in [0.2, 0.25) is 0 Å². The number of benzene rings is 1. The van der Waals surface area contributed by atoms with Crippen LogP contribution in [-0.2, 0) is 6.42 Å². The molecule has 0 aliphatic rings. The first kappa shape index (κ1) is 15.5. The van der Waals surface area contributed by atoms with Crippen LogP contribution < -0.4 is 10.5 Å². The molecular weight excluding hydrogens is 260 g/mol. The Bertz CT molecular complexity index is 554. The van der Waals surface area contributed by atoms with Gasteiger partial charge in [-0.3, -0.25) is 4.98 Å². The predicted octanol–water partition coefficient (Wildman–Crippen LogP) is 3.46. The van der Waals surface area contributed by atoms with E-state index < -0.39 is 0 Å². The van der Waals surface area contributed by atoms with E-state index in [1.807, 2.05) is 24.5 Å². The molecule has 1 unspecified atom stereocenters. The van der Waals surface area contributed by atoms with Crippen LogP contribution >= 0.6 is 0 Å². The van der Waals surface area contributed by atoms with Gasteiger partial charge in [-0.1, -0.05) is 19.1 Å². The molecule has 0 radical (unpaired) electrons. The maximum absolute atomic E-state index is 5.97. The number of aromatic nitrogens is 1. The van der Waals surface area contributed by atoms with Crippen LogP contribution in [0, 0.1) is 6.92 Å². The summed E-state index contributed by atoms with van der Waals surface area (Å²) in [5, 5.41) is 0. The van der Waals surface area contributed by atoms with Gasteiger partial charge in [0.25, 0.3) is 0 Å². The molecular formula is C18H24N2O. The molecule has 0 amide bonds. The van der Waals surface area contributed by atoms with Crippen LogP contribution in [0.4, 0.5) is 0 Å². The zero-order valence-electron chi connectivity index (χ0n) is 12.9. The molecule has 2 aromatic rings. The second-order valence-corrected chi connectivity index (χ2v) is 5.37. The Hall–Kier alpha value is -1.87. The highest BCUT2D eigenvalue weighted by molar-refractivity contribution is 5.38. The summed E-state index contributed by atoms with van der Waals surface area (Å²) < 4.78 is 5.73. The number of nitrogens with two attached hydrogens (primary N) is 1. The molecule has 0 aliphatic carbocycles. The Morgan fingerprint density at radius 3 is 2.57 bits per heavy atom. The van der Waals surface area contributed by atoms with Crippen molar-refractivity contribution in [1.29, 1.82) is 0 Å². The molecule has 2 rings (SSSR count). The minimum Gasteiger partial charge on any atom is -0.493 e. The lowest BCUT2D eigenvalue weighted by atomic mass is 9.91. The van der Waals surface area contributed by atoms with Crippen LogP contribution in [0.1, 0.15) is 36.0 Å². The Balaban J connectivity index is 2.13. The summed E-state index contributed by atoms with van der Waals surface area (Å²) in [6, 6.07) is 10.5. The van der Waals surface area contributed by atoms with Gasteiger partial charge in [0.05, 0.1) is 6.61 Å². The molecule has 0 aliphatic heterocycles. The highest BCUT2D eigenvalue weighted by atomic mass is 16.5. The molecule has 112 valence electrons. The molecule has 0 fully saturated rings. The minimum absolute atomic E-state index is 0.325. The van der Waals surface area contributed by atoms with E-state index >= 15 is 0 Å². The van der Waals surface area contributed by atoms with E-state index in [1.54, 1.807) is 0 Å². The van der Waals surface area contributed by atoms with Crippen molar-refractivity contribution in [3.05, 3.63) is 59.4 Å². The fourth-order valence-electron chi connectivity index (χ4n) is 2.44. The third-order valence-corrected chi connectivity index (χ3v) is 3.65. The van der Waals surface area contributed by atoms with Gasteiger partial charge in [-0.2, -0.15) is 0 Å². The van der Waals surface area contributed by atoms with E-state index in [4.69, 9.17) is 10.5 Å². The summed E-state index contributed by atoms with van der Waals surface area (Å²) in [6.07, 6.45) is 5.62. The summed E-state index contributed by atoms with van der Waals surface area (Å²) in [7, 11) is 0. The summed E-state index contributed by atoms with van der Waals surface area (Å²) >= 11 is 0. The lowest BCUT2D eigenvalue weighted by Crippen LogP contribution is -2.15. The fourth-order valence-corrected chi connectivity index (χ4v) is 2.44. The van der Waals surface area contributed by atoms with Crippen molar-refractivity contribution in [2.24, 2.45) is 5.73 Å². The van der Waals surface area contributed by atoms with Gasteiger partial charge in [-0.25, -0.2) is 0 Å². The average Bonchev–Trinajstić information content (AvgIpc) is 2.52. The summed E-state index contributed by atoms with van der Waals surface area (Å²) in [4.78, 5) is 4.06. The molecule has 0 saturated carbocycles. The predicted molar refractivity (Wildman–Crippen MR) is 86.7 cm³/mol. The zero-order valence-corrected chi connectivity index (χ0v) is 12.9. The highest BCUT2D eigenvalue weighted by Gasteiger charge is 2.12. The number of hydrogen-bond acceptors (Lipinski definition) is 3. The Morgan fingerprint density at radius 1 is 1.19 bits per heavy atom. The maximum atomic E-state index is 5.97. The van der Waals surface area contributed by atoms with E-state index in [-0.39, 0.29) is 0 Å². The summed E-state index contributed by atoms with van der Waals surface area (Å²) in [6.45, 7) is 5.60. The summed E-state index contributed by atoms with van der Waals surface area (Å²) in [5.41, 5.74) is 9.69. The number of rotatable bonds is 7. The maximum Gasteiger partial charge on any atom is 0.122 e. The Labute approximate surface area is 127 Å². The number of hydrogen-bond donors (Lipinski definition) is 1. The number of ether oxygens (including phenoxy) is 1. The van der Waals surface area contributed by atoms with Gasteiger partial charge in [-0.05, 0) is 61.2 Å². The highest BCUT2D eigenvalue weighted by Crippen LogP contribution is 2.26. The number of nitrogens with zero attached hydrogens (tertiary/aromatic N) is 1. The molecule has 1 aromatic carbocycles. The molecule has 0 spiro atoms. The van der Waals surface area contributed by atoms with Crippen LogP contribution in [0.5, 0.6) is 5.75 Å². The van der Waals surface area contributed by atoms with Gasteiger partial charge in [-0.15, -0.1) is 0 Å². The van der Waals surface area contributed by atoms with Gasteiger partial charge in [0.15, 0.2) is 0 Å². The standard InChI is InChI=1S/C18H24N2O/c1-3-10-21-18-5-4-16(11-14(18)2)17(13-19)12-15-6-8-20-9-7-15/h4-9,11,17H,3,10,12-13,19H2,1-2H3. The van der Waals surface area contributed by atoms with E-state index in [1.165, 1.54) is 16.7 Å². The lowest BCUT2D eigenvalue weighted by molar-refractivity contribution is 0.315. The van der Waals surface area contributed by atoms with Crippen LogP contribution in [0.25, 0.3) is 0 Å². The van der Waals surface area contributed by atoms with Crippen molar-refractivity contribution in [1.82, 2.24) is 4.98 Å². The first-order valence-corrected chi connectivity index (χ1v) is 7.57. The van der Waals surface area contributed by atoms with Crippen molar-refractivity contribution < 1.29 is 4.74 Å². The molecule has 1 atom stereocenters. The quantitative estimate of drug-likeness (QED) is 0.847. The normalized spacial score (nSPS) is 12.1. The number of aryl methyl sites for hydroxylation is 1. The van der Waals surface area contributed by atoms with Crippen LogP contribution in [-0.4, -0.2) is 18.1 Å². The van der Waals surface area contributed by atoms with E-state index in [0.29, 0.717) is 12.5 Å². The second-order valence-electron chi connectivity index (χ2n) is 5.37. The molecule has 3 nitrogen and oxygen atoms in total. The fraction of sp³-hybridized carbons (Fsp3) is 0.389. The second kappa shape index (κ2) is 7.79. The third kappa shape index (κ3) is 4.30. The van der Waals surface area contributed by atoms with E-state index in [9.17, 15) is 0 Å². The SMILES string of the molecule is CCCOc1ccc(C(CN)Cc2ccncc2)cc1C. The topological polar surface area (TPSA) is 48.1 Å². The van der Waals surface area contributed by atoms with Crippen LogP contribution in [0.15, 0.2) is 42.7 Å². The Kier molecular flexibility index (Phi) is 5.76. The lowest BCUT2D eigenvalue weighted by Gasteiger charge is -2.17. The Morgan fingerprint density at radius 2 is 1.95 bits per heavy atom. The third-order valence-electron chi connectivity index (χ3n) is 3.65. The van der Waals surface area contributed by atoms with Crippen molar-refractivity contribution >= 4 is 0 Å². The average molecular weight is 284 g/mol. The molecule has 0 saturated heterocycles. The van der Waals surface area contributed by atoms with E-state index in [0.717, 1.165) is 25.2 Å². The number of pyridine rings is 1. The smallest absolute Gasteiger partial charge is 0.122 e. The van der Waals surface area contributed by atoms with Crippen molar-refractivity contribution in [3.63, 3.8) is 0 Å².